The highest BCUT2D eigenvalue weighted by molar-refractivity contribution is 7.98. The van der Waals surface area contributed by atoms with Crippen LogP contribution in [-0.2, 0) is 11.2 Å². The summed E-state index contributed by atoms with van der Waals surface area (Å²) in [7, 11) is 1.83. The van der Waals surface area contributed by atoms with Crippen molar-refractivity contribution in [2.45, 2.75) is 25.8 Å². The molecule has 2 rings (SSSR count). The van der Waals surface area contributed by atoms with Gasteiger partial charge in [-0.25, -0.2) is 0 Å². The normalized spacial score (nSPS) is 14.7. The first-order valence-electron chi connectivity index (χ1n) is 6.71. The Morgan fingerprint density at radius 2 is 2.25 bits per heavy atom. The van der Waals surface area contributed by atoms with E-state index >= 15 is 0 Å². The van der Waals surface area contributed by atoms with Crippen molar-refractivity contribution in [3.63, 3.8) is 0 Å². The van der Waals surface area contributed by atoms with Crippen molar-refractivity contribution in [2.75, 3.05) is 24.4 Å². The van der Waals surface area contributed by atoms with Crippen LogP contribution in [0.25, 0.3) is 0 Å². The average Bonchev–Trinajstić information content (AvgIpc) is 2.81. The molecule has 1 N–H and O–H groups in total. The number of amides is 2. The lowest BCUT2D eigenvalue weighted by Gasteiger charge is -2.25. The summed E-state index contributed by atoms with van der Waals surface area (Å²) in [6, 6.07) is 5.65. The molecule has 0 fully saturated rings. The number of fused-ring (bicyclic) bond motifs is 1. The van der Waals surface area contributed by atoms with E-state index in [1.165, 1.54) is 0 Å². The molecule has 1 aliphatic rings. The van der Waals surface area contributed by atoms with Crippen LogP contribution in [-0.4, -0.2) is 41.8 Å². The topological polar surface area (TPSA) is 49.4 Å². The van der Waals surface area contributed by atoms with Crippen LogP contribution in [0, 0.1) is 0 Å². The van der Waals surface area contributed by atoms with Crippen molar-refractivity contribution in [2.24, 2.45) is 0 Å². The molecule has 0 spiro atoms. The molecule has 108 valence electrons. The van der Waals surface area contributed by atoms with E-state index in [9.17, 15) is 9.59 Å². The number of hydrogen-bond acceptors (Lipinski definition) is 3. The first-order chi connectivity index (χ1) is 9.52. The van der Waals surface area contributed by atoms with Gasteiger partial charge in [0.25, 0.3) is 5.91 Å². The molecule has 0 aromatic heterocycles. The molecule has 5 heteroatoms. The van der Waals surface area contributed by atoms with Gasteiger partial charge in [-0.15, -0.1) is 0 Å². The van der Waals surface area contributed by atoms with E-state index in [1.54, 1.807) is 28.8 Å². The molecule has 0 bridgehead atoms. The first-order valence-corrected chi connectivity index (χ1v) is 8.11. The van der Waals surface area contributed by atoms with E-state index in [-0.39, 0.29) is 17.9 Å². The van der Waals surface area contributed by atoms with Crippen molar-refractivity contribution >= 4 is 29.3 Å². The second-order valence-electron chi connectivity index (χ2n) is 5.14. The van der Waals surface area contributed by atoms with Crippen LogP contribution in [0.2, 0.25) is 0 Å². The summed E-state index contributed by atoms with van der Waals surface area (Å²) in [6.45, 7) is 2.06. The Labute approximate surface area is 123 Å². The highest BCUT2D eigenvalue weighted by Gasteiger charge is 2.22. The van der Waals surface area contributed by atoms with E-state index in [0.29, 0.717) is 12.0 Å². The molecular formula is C15H20N2O2S. The molecular weight excluding hydrogens is 272 g/mol. The molecule has 1 heterocycles. The zero-order chi connectivity index (χ0) is 14.7. The molecule has 1 aliphatic heterocycles. The third kappa shape index (κ3) is 3.15. The van der Waals surface area contributed by atoms with Gasteiger partial charge in [0.15, 0.2) is 0 Å². The number of benzene rings is 1. The Morgan fingerprint density at radius 1 is 1.50 bits per heavy atom. The summed E-state index contributed by atoms with van der Waals surface area (Å²) in [4.78, 5) is 25.5. The van der Waals surface area contributed by atoms with Crippen LogP contribution in [0.1, 0.15) is 29.3 Å². The molecule has 1 unspecified atom stereocenters. The Balaban J connectivity index is 2.10. The zero-order valence-electron chi connectivity index (χ0n) is 12.1. The van der Waals surface area contributed by atoms with Crippen molar-refractivity contribution in [3.05, 3.63) is 29.3 Å². The molecule has 1 aromatic carbocycles. The van der Waals surface area contributed by atoms with E-state index in [0.717, 1.165) is 23.4 Å². The lowest BCUT2D eigenvalue weighted by atomic mass is 10.1. The van der Waals surface area contributed by atoms with Gasteiger partial charge in [-0.3, -0.25) is 9.59 Å². The number of anilines is 1. The van der Waals surface area contributed by atoms with Crippen LogP contribution in [0.4, 0.5) is 5.69 Å². The molecule has 0 saturated carbocycles. The number of nitrogens with zero attached hydrogens (tertiary/aromatic N) is 1. The molecule has 0 aliphatic carbocycles. The standard InChI is InChI=1S/C15H20N2O2S/c1-10(6-7-20-3)17(2)15(19)12-5-4-11-9-14(18)16-13(11)8-12/h4-5,8,10H,6-7,9H2,1-3H3,(H,16,18). The van der Waals surface area contributed by atoms with Crippen LogP contribution >= 0.6 is 11.8 Å². The minimum atomic E-state index is -0.00806. The molecule has 1 aromatic rings. The third-order valence-electron chi connectivity index (χ3n) is 3.70. The second-order valence-corrected chi connectivity index (χ2v) is 6.13. The Kier molecular flexibility index (Phi) is 4.70. The summed E-state index contributed by atoms with van der Waals surface area (Å²) < 4.78 is 0. The van der Waals surface area contributed by atoms with Gasteiger partial charge in [0, 0.05) is 24.3 Å². The molecule has 0 radical (unpaired) electrons. The van der Waals surface area contributed by atoms with Gasteiger partial charge < -0.3 is 10.2 Å². The second kappa shape index (κ2) is 6.31. The summed E-state index contributed by atoms with van der Waals surface area (Å²) in [5, 5.41) is 2.78. The first kappa shape index (κ1) is 14.9. The lowest BCUT2D eigenvalue weighted by molar-refractivity contribution is -0.115. The highest BCUT2D eigenvalue weighted by atomic mass is 32.2. The number of thioether (sulfide) groups is 1. The summed E-state index contributed by atoms with van der Waals surface area (Å²) in [5.74, 6) is 1.04. The Morgan fingerprint density at radius 3 is 2.95 bits per heavy atom. The van der Waals surface area contributed by atoms with Crippen LogP contribution in [0.15, 0.2) is 18.2 Å². The average molecular weight is 292 g/mol. The monoisotopic (exact) mass is 292 g/mol. The van der Waals surface area contributed by atoms with E-state index in [4.69, 9.17) is 0 Å². The smallest absolute Gasteiger partial charge is 0.253 e. The van der Waals surface area contributed by atoms with Gasteiger partial charge in [0.05, 0.1) is 6.42 Å². The van der Waals surface area contributed by atoms with Gasteiger partial charge >= 0.3 is 0 Å². The number of carbonyl (C=O) groups excluding carboxylic acids is 2. The Bertz CT molecular complexity index is 531. The van der Waals surface area contributed by atoms with E-state index in [2.05, 4.69) is 18.5 Å². The maximum Gasteiger partial charge on any atom is 0.253 e. The predicted octanol–water partition coefficient (Wildman–Crippen LogP) is 2.39. The summed E-state index contributed by atoms with van der Waals surface area (Å²) in [6.07, 6.45) is 3.45. The number of rotatable bonds is 5. The summed E-state index contributed by atoms with van der Waals surface area (Å²) >= 11 is 1.79. The molecule has 4 nitrogen and oxygen atoms in total. The lowest BCUT2D eigenvalue weighted by Crippen LogP contribution is -2.35. The van der Waals surface area contributed by atoms with Crippen molar-refractivity contribution in [1.29, 1.82) is 0 Å². The maximum absolute atomic E-state index is 12.4. The minimum Gasteiger partial charge on any atom is -0.339 e. The maximum atomic E-state index is 12.4. The molecule has 1 atom stereocenters. The fourth-order valence-corrected chi connectivity index (χ4v) is 2.81. The number of nitrogens with one attached hydrogen (secondary N) is 1. The van der Waals surface area contributed by atoms with Crippen LogP contribution in [0.3, 0.4) is 0 Å². The largest absolute Gasteiger partial charge is 0.339 e. The van der Waals surface area contributed by atoms with Crippen molar-refractivity contribution in [1.82, 2.24) is 4.90 Å². The predicted molar refractivity (Wildman–Crippen MR) is 83.3 cm³/mol. The van der Waals surface area contributed by atoms with Gasteiger partial charge in [-0.05, 0) is 43.0 Å². The van der Waals surface area contributed by atoms with Crippen LogP contribution in [0.5, 0.6) is 0 Å². The highest BCUT2D eigenvalue weighted by Crippen LogP contribution is 2.25. The number of hydrogen-bond donors (Lipinski definition) is 1. The molecule has 20 heavy (non-hydrogen) atoms. The van der Waals surface area contributed by atoms with Gasteiger partial charge in [-0.2, -0.15) is 11.8 Å². The molecule has 0 saturated heterocycles. The van der Waals surface area contributed by atoms with Crippen molar-refractivity contribution in [3.8, 4) is 0 Å². The number of carbonyl (C=O) groups is 2. The van der Waals surface area contributed by atoms with Gasteiger partial charge in [0.1, 0.15) is 0 Å². The SMILES string of the molecule is CSCCC(C)N(C)C(=O)c1ccc2c(c1)NC(=O)C2. The van der Waals surface area contributed by atoms with Crippen LogP contribution < -0.4 is 5.32 Å². The zero-order valence-corrected chi connectivity index (χ0v) is 12.9. The van der Waals surface area contributed by atoms with E-state index in [1.807, 2.05) is 13.1 Å². The van der Waals surface area contributed by atoms with Gasteiger partial charge in [-0.1, -0.05) is 6.07 Å². The minimum absolute atomic E-state index is 0.00236. The fourth-order valence-electron chi connectivity index (χ4n) is 2.23. The Hall–Kier alpha value is -1.49. The van der Waals surface area contributed by atoms with Gasteiger partial charge in [0.2, 0.25) is 5.91 Å². The van der Waals surface area contributed by atoms with E-state index < -0.39 is 0 Å². The third-order valence-corrected chi connectivity index (χ3v) is 4.35. The summed E-state index contributed by atoms with van der Waals surface area (Å²) in [5.41, 5.74) is 2.36. The van der Waals surface area contributed by atoms with Crippen molar-refractivity contribution < 1.29 is 9.59 Å². The molecule has 2 amide bonds. The fraction of sp³-hybridized carbons (Fsp3) is 0.467. The quantitative estimate of drug-likeness (QED) is 0.906.